The number of benzene rings is 2. The highest BCUT2D eigenvalue weighted by atomic mass is 32.1. The lowest BCUT2D eigenvalue weighted by atomic mass is 10.0. The number of amidine groups is 1. The Labute approximate surface area is 188 Å². The van der Waals surface area contributed by atoms with E-state index in [2.05, 4.69) is 67.9 Å². The lowest BCUT2D eigenvalue weighted by Crippen LogP contribution is -2.28. The number of aliphatic imine (C=N–C) groups is 1. The molecule has 8 heteroatoms. The molecule has 0 bridgehead atoms. The maximum absolute atomic E-state index is 6.14. The molecule has 4 heterocycles. The number of thiophene rings is 1. The third-order valence-electron chi connectivity index (χ3n) is 5.82. The molecule has 0 aliphatic carbocycles. The summed E-state index contributed by atoms with van der Waals surface area (Å²) in [6, 6.07) is 14.6. The molecule has 0 saturated heterocycles. The predicted octanol–water partition coefficient (Wildman–Crippen LogP) is 5.05. The second kappa shape index (κ2) is 7.06. The third kappa shape index (κ3) is 2.91. The van der Waals surface area contributed by atoms with E-state index in [4.69, 9.17) is 5.73 Å². The molecule has 0 spiro atoms. The number of nitrogens with two attached hydrogens (primary N) is 1. The van der Waals surface area contributed by atoms with Crippen LogP contribution in [-0.4, -0.2) is 27.3 Å². The van der Waals surface area contributed by atoms with E-state index in [0.29, 0.717) is 12.5 Å². The topological polar surface area (TPSA) is 84.4 Å². The van der Waals surface area contributed by atoms with Crippen LogP contribution in [0.3, 0.4) is 0 Å². The molecule has 1 aliphatic rings. The zero-order valence-electron chi connectivity index (χ0n) is 17.7. The van der Waals surface area contributed by atoms with Crippen molar-refractivity contribution < 1.29 is 0 Å². The molecule has 0 unspecified atom stereocenters. The molecule has 32 heavy (non-hydrogen) atoms. The summed E-state index contributed by atoms with van der Waals surface area (Å²) in [6.07, 6.45) is 3.87. The molecule has 0 fully saturated rings. The Morgan fingerprint density at radius 2 is 2.00 bits per heavy atom. The van der Waals surface area contributed by atoms with Crippen LogP contribution in [-0.2, 0) is 7.05 Å². The molecule has 3 aromatic heterocycles. The van der Waals surface area contributed by atoms with Gasteiger partial charge < -0.3 is 16.0 Å². The summed E-state index contributed by atoms with van der Waals surface area (Å²) in [6.45, 7) is 2.63. The van der Waals surface area contributed by atoms with Crippen LogP contribution >= 0.6 is 11.3 Å². The summed E-state index contributed by atoms with van der Waals surface area (Å²) in [5, 5.41) is 13.3. The largest absolute Gasteiger partial charge is 0.383 e. The summed E-state index contributed by atoms with van der Waals surface area (Å²) in [7, 11) is 1.93. The van der Waals surface area contributed by atoms with Gasteiger partial charge in [-0.05, 0) is 48.2 Å². The molecular formula is C24H21N7S. The van der Waals surface area contributed by atoms with E-state index in [1.807, 2.05) is 36.3 Å². The summed E-state index contributed by atoms with van der Waals surface area (Å²) in [5.74, 6) is 1.43. The van der Waals surface area contributed by atoms with Gasteiger partial charge in [-0.15, -0.1) is 11.3 Å². The fourth-order valence-electron chi connectivity index (χ4n) is 4.36. The molecule has 0 amide bonds. The van der Waals surface area contributed by atoms with Crippen molar-refractivity contribution >= 4 is 61.7 Å². The number of rotatable bonds is 3. The Kier molecular flexibility index (Phi) is 4.16. The number of nitrogens with zero attached hydrogens (tertiary/aromatic N) is 5. The number of fused-ring (bicyclic) bond motifs is 3. The lowest BCUT2D eigenvalue weighted by molar-refractivity contribution is 0.780. The van der Waals surface area contributed by atoms with Crippen LogP contribution in [0.5, 0.6) is 0 Å². The van der Waals surface area contributed by atoms with Crippen molar-refractivity contribution in [1.29, 1.82) is 0 Å². The molecule has 3 N–H and O–H groups in total. The monoisotopic (exact) mass is 439 g/mol. The van der Waals surface area contributed by atoms with E-state index < -0.39 is 0 Å². The van der Waals surface area contributed by atoms with Crippen LogP contribution in [0.1, 0.15) is 10.4 Å². The van der Waals surface area contributed by atoms with Crippen molar-refractivity contribution in [2.45, 2.75) is 6.92 Å². The van der Waals surface area contributed by atoms with Crippen molar-refractivity contribution in [2.75, 3.05) is 16.9 Å². The summed E-state index contributed by atoms with van der Waals surface area (Å²) < 4.78 is 1.83. The van der Waals surface area contributed by atoms with Crippen molar-refractivity contribution in [1.82, 2.24) is 14.8 Å². The fraction of sp³-hybridized carbons (Fsp3) is 0.125. The molecule has 6 rings (SSSR count). The quantitative estimate of drug-likeness (QED) is 0.411. The lowest BCUT2D eigenvalue weighted by Gasteiger charge is -2.29. The highest BCUT2D eigenvalue weighted by molar-refractivity contribution is 7.12. The first kappa shape index (κ1) is 18.8. The van der Waals surface area contributed by atoms with E-state index in [1.54, 1.807) is 11.3 Å². The number of anilines is 4. The van der Waals surface area contributed by atoms with Crippen molar-refractivity contribution in [2.24, 2.45) is 17.8 Å². The Balaban J connectivity index is 1.46. The van der Waals surface area contributed by atoms with Crippen LogP contribution in [0.4, 0.5) is 22.9 Å². The van der Waals surface area contributed by atoms with Crippen molar-refractivity contribution in [3.8, 4) is 0 Å². The zero-order chi connectivity index (χ0) is 21.8. The number of hydrogen-bond donors (Lipinski definition) is 2. The van der Waals surface area contributed by atoms with Crippen LogP contribution in [0.25, 0.3) is 21.7 Å². The molecule has 2 aromatic carbocycles. The van der Waals surface area contributed by atoms with Gasteiger partial charge in [-0.25, -0.2) is 9.98 Å². The minimum Gasteiger partial charge on any atom is -0.383 e. The number of hydrogen-bond acceptors (Lipinski definition) is 7. The fourth-order valence-corrected chi connectivity index (χ4v) is 5.18. The molecule has 0 radical (unpaired) electrons. The highest BCUT2D eigenvalue weighted by Crippen LogP contribution is 2.41. The predicted molar refractivity (Wildman–Crippen MR) is 133 cm³/mol. The maximum Gasteiger partial charge on any atom is 0.139 e. The summed E-state index contributed by atoms with van der Waals surface area (Å²) >= 11 is 1.62. The van der Waals surface area contributed by atoms with Crippen LogP contribution in [0.15, 0.2) is 65.2 Å². The molecule has 158 valence electrons. The van der Waals surface area contributed by atoms with Gasteiger partial charge >= 0.3 is 0 Å². The molecule has 0 atom stereocenters. The van der Waals surface area contributed by atoms with Gasteiger partial charge in [-0.3, -0.25) is 4.68 Å². The van der Waals surface area contributed by atoms with E-state index in [0.717, 1.165) is 49.4 Å². The van der Waals surface area contributed by atoms with Crippen molar-refractivity contribution in [3.05, 3.63) is 70.7 Å². The average molecular weight is 440 g/mol. The van der Waals surface area contributed by atoms with Gasteiger partial charge in [0.2, 0.25) is 0 Å². The van der Waals surface area contributed by atoms with Gasteiger partial charge in [0.25, 0.3) is 0 Å². The van der Waals surface area contributed by atoms with E-state index >= 15 is 0 Å². The molecule has 7 nitrogen and oxygen atoms in total. The maximum atomic E-state index is 6.14. The summed E-state index contributed by atoms with van der Waals surface area (Å²) in [5.41, 5.74) is 11.5. The van der Waals surface area contributed by atoms with Crippen LogP contribution < -0.4 is 16.0 Å². The number of nitrogens with one attached hydrogen (secondary N) is 1. The smallest absolute Gasteiger partial charge is 0.139 e. The Morgan fingerprint density at radius 3 is 2.91 bits per heavy atom. The zero-order valence-corrected chi connectivity index (χ0v) is 18.5. The third-order valence-corrected chi connectivity index (χ3v) is 6.75. The normalized spacial score (nSPS) is 13.4. The van der Waals surface area contributed by atoms with Gasteiger partial charge in [-0.1, -0.05) is 12.1 Å². The molecule has 5 aromatic rings. The number of pyridine rings is 1. The first-order valence-electron chi connectivity index (χ1n) is 10.3. The SMILES string of the molecule is Cc1ccc2c(Nc3ccc4nn(C)cc4c3)nccc2c1N1CN=C(N)c2sccc21. The Morgan fingerprint density at radius 1 is 1.09 bits per heavy atom. The van der Waals surface area contributed by atoms with Crippen LogP contribution in [0, 0.1) is 6.92 Å². The second-order valence-corrected chi connectivity index (χ2v) is 8.85. The van der Waals surface area contributed by atoms with Crippen LogP contribution in [0.2, 0.25) is 0 Å². The van der Waals surface area contributed by atoms with Crippen molar-refractivity contribution in [3.63, 3.8) is 0 Å². The van der Waals surface area contributed by atoms with Gasteiger partial charge in [0.1, 0.15) is 18.3 Å². The Hall–Kier alpha value is -3.91. The van der Waals surface area contributed by atoms with E-state index in [-0.39, 0.29) is 0 Å². The Bertz CT molecular complexity index is 1530. The summed E-state index contributed by atoms with van der Waals surface area (Å²) in [4.78, 5) is 12.5. The van der Waals surface area contributed by atoms with Gasteiger partial charge in [-0.2, -0.15) is 5.10 Å². The molecule has 0 saturated carbocycles. The second-order valence-electron chi connectivity index (χ2n) is 7.93. The number of aryl methyl sites for hydroxylation is 2. The minimum atomic E-state index is 0.498. The first-order valence-corrected chi connectivity index (χ1v) is 11.2. The van der Waals surface area contributed by atoms with E-state index in [9.17, 15) is 0 Å². The molecule has 1 aliphatic heterocycles. The average Bonchev–Trinajstić information content (AvgIpc) is 3.41. The van der Waals surface area contributed by atoms with Gasteiger partial charge in [0.05, 0.1) is 21.8 Å². The van der Waals surface area contributed by atoms with Gasteiger partial charge in [0.15, 0.2) is 0 Å². The molecular weight excluding hydrogens is 418 g/mol. The van der Waals surface area contributed by atoms with E-state index in [1.165, 1.54) is 5.56 Å². The standard InChI is InChI=1S/C24H21N7S/c1-14-3-5-18-17(21(14)31-13-27-23(25)22-20(31)8-10-32-22)7-9-26-24(18)28-16-4-6-19-15(11-16)12-30(2)29-19/h3-12H,13H2,1-2H3,(H2,25,27)(H,26,28). The minimum absolute atomic E-state index is 0.498. The number of aromatic nitrogens is 3. The first-order chi connectivity index (χ1) is 15.6. The highest BCUT2D eigenvalue weighted by Gasteiger charge is 2.24. The van der Waals surface area contributed by atoms with Gasteiger partial charge in [0, 0.05) is 41.3 Å².